The van der Waals surface area contributed by atoms with Crippen LogP contribution >= 0.6 is 0 Å². The van der Waals surface area contributed by atoms with E-state index in [1.807, 2.05) is 0 Å². The number of anilines is 1. The van der Waals surface area contributed by atoms with E-state index in [2.05, 4.69) is 22.4 Å². The summed E-state index contributed by atoms with van der Waals surface area (Å²) in [6.07, 6.45) is 6.11. The maximum absolute atomic E-state index is 5.11. The van der Waals surface area contributed by atoms with E-state index in [1.165, 1.54) is 25.7 Å². The van der Waals surface area contributed by atoms with Gasteiger partial charge < -0.3 is 9.84 Å². The monoisotopic (exact) mass is 195 g/mol. The second-order valence-electron chi connectivity index (χ2n) is 3.87. The molecule has 1 aromatic heterocycles. The minimum Gasteiger partial charge on any atom is -0.338 e. The highest BCUT2D eigenvalue weighted by atomic mass is 16.5. The topological polar surface area (TPSA) is 51.0 Å². The highest BCUT2D eigenvalue weighted by molar-refractivity contribution is 5.19. The van der Waals surface area contributed by atoms with Gasteiger partial charge in [0.15, 0.2) is 5.82 Å². The molecule has 1 aliphatic rings. The van der Waals surface area contributed by atoms with Crippen molar-refractivity contribution in [3.05, 3.63) is 5.82 Å². The molecule has 0 spiro atoms. The predicted octanol–water partition coefficient (Wildman–Crippen LogP) is 2.55. The smallest absolute Gasteiger partial charge is 0.321 e. The first-order chi connectivity index (χ1) is 6.90. The molecule has 1 heterocycles. The third kappa shape index (κ3) is 2.05. The minimum atomic E-state index is 0.538. The molecule has 0 aliphatic heterocycles. The van der Waals surface area contributed by atoms with Gasteiger partial charge in [-0.3, -0.25) is 0 Å². The van der Waals surface area contributed by atoms with Crippen LogP contribution in [0.5, 0.6) is 0 Å². The molecule has 0 unspecified atom stereocenters. The number of nitrogens with zero attached hydrogens (tertiary/aromatic N) is 2. The van der Waals surface area contributed by atoms with E-state index in [4.69, 9.17) is 4.52 Å². The molecule has 0 radical (unpaired) electrons. The van der Waals surface area contributed by atoms with Crippen LogP contribution in [0.4, 0.5) is 6.01 Å². The van der Waals surface area contributed by atoms with Crippen molar-refractivity contribution >= 4 is 6.01 Å². The summed E-state index contributed by atoms with van der Waals surface area (Å²) < 4.78 is 5.11. The van der Waals surface area contributed by atoms with Gasteiger partial charge in [-0.1, -0.05) is 24.9 Å². The molecule has 0 atom stereocenters. The van der Waals surface area contributed by atoms with Crippen LogP contribution in [0.2, 0.25) is 0 Å². The number of rotatable bonds is 4. The van der Waals surface area contributed by atoms with Crippen molar-refractivity contribution in [1.29, 1.82) is 0 Å². The summed E-state index contributed by atoms with van der Waals surface area (Å²) in [6, 6.07) is 0.578. The molecule has 0 aromatic carbocycles. The van der Waals surface area contributed by atoms with Crippen LogP contribution in [-0.4, -0.2) is 16.7 Å². The summed E-state index contributed by atoms with van der Waals surface area (Å²) in [5.74, 6) is 1.43. The molecule has 0 amide bonds. The van der Waals surface area contributed by atoms with Gasteiger partial charge in [0, 0.05) is 12.5 Å². The number of aromatic nitrogens is 2. The standard InChI is InChI=1S/C10H17N3O/c1-2-7-11-10-12-9(13-14-10)8-5-3-4-6-8/h8H,2-7H2,1H3,(H,11,12,13). The third-order valence-electron chi connectivity index (χ3n) is 2.69. The summed E-state index contributed by atoms with van der Waals surface area (Å²) in [5, 5.41) is 7.10. The molecule has 0 saturated heterocycles. The molecule has 1 aromatic rings. The fourth-order valence-corrected chi connectivity index (χ4v) is 1.89. The number of hydrogen-bond donors (Lipinski definition) is 1. The van der Waals surface area contributed by atoms with E-state index in [9.17, 15) is 0 Å². The molecular formula is C10H17N3O. The van der Waals surface area contributed by atoms with E-state index in [1.54, 1.807) is 0 Å². The van der Waals surface area contributed by atoms with E-state index < -0.39 is 0 Å². The van der Waals surface area contributed by atoms with Crippen molar-refractivity contribution in [2.24, 2.45) is 0 Å². The summed E-state index contributed by atoms with van der Waals surface area (Å²) in [5.41, 5.74) is 0. The first kappa shape index (κ1) is 9.49. The largest absolute Gasteiger partial charge is 0.338 e. The lowest BCUT2D eigenvalue weighted by Crippen LogP contribution is -2.00. The fourth-order valence-electron chi connectivity index (χ4n) is 1.89. The van der Waals surface area contributed by atoms with Gasteiger partial charge in [0.05, 0.1) is 0 Å². The first-order valence-corrected chi connectivity index (χ1v) is 5.47. The van der Waals surface area contributed by atoms with Crippen molar-refractivity contribution in [3.8, 4) is 0 Å². The molecule has 1 N–H and O–H groups in total. The summed E-state index contributed by atoms with van der Waals surface area (Å²) in [6.45, 7) is 3.01. The van der Waals surface area contributed by atoms with Crippen LogP contribution in [0.25, 0.3) is 0 Å². The third-order valence-corrected chi connectivity index (χ3v) is 2.69. The van der Waals surface area contributed by atoms with Crippen LogP contribution in [-0.2, 0) is 0 Å². The Balaban J connectivity index is 1.94. The van der Waals surface area contributed by atoms with Crippen molar-refractivity contribution < 1.29 is 4.52 Å². The molecule has 4 heteroatoms. The van der Waals surface area contributed by atoms with Gasteiger partial charge in [-0.2, -0.15) is 4.98 Å². The van der Waals surface area contributed by atoms with Crippen LogP contribution in [0, 0.1) is 0 Å². The van der Waals surface area contributed by atoms with Gasteiger partial charge in [-0.15, -0.1) is 0 Å². The Kier molecular flexibility index (Phi) is 3.01. The molecule has 78 valence electrons. The Morgan fingerprint density at radius 1 is 1.43 bits per heavy atom. The van der Waals surface area contributed by atoms with Gasteiger partial charge in [0.25, 0.3) is 0 Å². The van der Waals surface area contributed by atoms with E-state index in [0.29, 0.717) is 11.9 Å². The SMILES string of the molecule is CCCNc1nc(C2CCCC2)no1. The molecule has 1 fully saturated rings. The Labute approximate surface area is 84.1 Å². The number of nitrogens with one attached hydrogen (secondary N) is 1. The maximum Gasteiger partial charge on any atom is 0.321 e. The summed E-state index contributed by atoms with van der Waals surface area (Å²) >= 11 is 0. The van der Waals surface area contributed by atoms with E-state index >= 15 is 0 Å². The lowest BCUT2D eigenvalue weighted by molar-refractivity contribution is 0.415. The zero-order valence-electron chi connectivity index (χ0n) is 8.62. The fraction of sp³-hybridized carbons (Fsp3) is 0.800. The predicted molar refractivity (Wildman–Crippen MR) is 54.3 cm³/mol. The second kappa shape index (κ2) is 4.44. The maximum atomic E-state index is 5.11. The first-order valence-electron chi connectivity index (χ1n) is 5.47. The molecular weight excluding hydrogens is 178 g/mol. The Morgan fingerprint density at radius 2 is 2.21 bits per heavy atom. The minimum absolute atomic E-state index is 0.538. The summed E-state index contributed by atoms with van der Waals surface area (Å²) in [4.78, 5) is 4.34. The lowest BCUT2D eigenvalue weighted by Gasteiger charge is -1.99. The van der Waals surface area contributed by atoms with E-state index in [0.717, 1.165) is 18.8 Å². The molecule has 14 heavy (non-hydrogen) atoms. The Bertz CT molecular complexity index is 279. The van der Waals surface area contributed by atoms with Crippen molar-refractivity contribution in [2.45, 2.75) is 44.9 Å². The van der Waals surface area contributed by atoms with E-state index in [-0.39, 0.29) is 0 Å². The Hall–Kier alpha value is -1.06. The second-order valence-corrected chi connectivity index (χ2v) is 3.87. The van der Waals surface area contributed by atoms with Crippen LogP contribution in [0.15, 0.2) is 4.52 Å². The average Bonchev–Trinajstić information content (AvgIpc) is 2.85. The zero-order chi connectivity index (χ0) is 9.80. The number of hydrogen-bond acceptors (Lipinski definition) is 4. The highest BCUT2D eigenvalue weighted by Gasteiger charge is 2.21. The quantitative estimate of drug-likeness (QED) is 0.802. The lowest BCUT2D eigenvalue weighted by atomic mass is 10.1. The van der Waals surface area contributed by atoms with Gasteiger partial charge >= 0.3 is 6.01 Å². The molecule has 4 nitrogen and oxygen atoms in total. The average molecular weight is 195 g/mol. The van der Waals surface area contributed by atoms with Crippen molar-refractivity contribution in [1.82, 2.24) is 10.1 Å². The van der Waals surface area contributed by atoms with Crippen LogP contribution < -0.4 is 5.32 Å². The summed E-state index contributed by atoms with van der Waals surface area (Å²) in [7, 11) is 0. The molecule has 1 aliphatic carbocycles. The Morgan fingerprint density at radius 3 is 2.93 bits per heavy atom. The van der Waals surface area contributed by atoms with Crippen molar-refractivity contribution in [3.63, 3.8) is 0 Å². The van der Waals surface area contributed by atoms with Gasteiger partial charge in [0.2, 0.25) is 0 Å². The van der Waals surface area contributed by atoms with Crippen molar-refractivity contribution in [2.75, 3.05) is 11.9 Å². The normalized spacial score (nSPS) is 17.5. The van der Waals surface area contributed by atoms with Gasteiger partial charge in [0.1, 0.15) is 0 Å². The molecule has 1 saturated carbocycles. The zero-order valence-corrected chi connectivity index (χ0v) is 8.62. The molecule has 2 rings (SSSR count). The highest BCUT2D eigenvalue weighted by Crippen LogP contribution is 2.32. The molecule has 0 bridgehead atoms. The van der Waals surface area contributed by atoms with Crippen LogP contribution in [0.1, 0.15) is 50.8 Å². The van der Waals surface area contributed by atoms with Gasteiger partial charge in [-0.05, 0) is 19.3 Å². The van der Waals surface area contributed by atoms with Crippen LogP contribution in [0.3, 0.4) is 0 Å². The van der Waals surface area contributed by atoms with Gasteiger partial charge in [-0.25, -0.2) is 0 Å².